The minimum atomic E-state index is 0.878. The summed E-state index contributed by atoms with van der Waals surface area (Å²) in [4.78, 5) is 0. The van der Waals surface area contributed by atoms with Gasteiger partial charge in [0.25, 0.3) is 0 Å². The molecule has 0 spiro atoms. The lowest BCUT2D eigenvalue weighted by molar-refractivity contribution is 0.972. The summed E-state index contributed by atoms with van der Waals surface area (Å²) in [7, 11) is 0. The molecular formula is C20H27N3. The van der Waals surface area contributed by atoms with Gasteiger partial charge in [-0.15, -0.1) is 10.2 Å². The Morgan fingerprint density at radius 1 is 0.696 bits per heavy atom. The van der Waals surface area contributed by atoms with E-state index in [0.717, 1.165) is 22.9 Å². The monoisotopic (exact) mass is 309 g/mol. The topological polar surface area (TPSA) is 30.7 Å². The molecule has 0 aliphatic heterocycles. The van der Waals surface area contributed by atoms with E-state index in [4.69, 9.17) is 0 Å². The van der Waals surface area contributed by atoms with Gasteiger partial charge in [0.15, 0.2) is 5.82 Å². The highest BCUT2D eigenvalue weighted by molar-refractivity contribution is 5.59. The summed E-state index contributed by atoms with van der Waals surface area (Å²) in [5.74, 6) is 1.77. The fourth-order valence-corrected chi connectivity index (χ4v) is 2.14. The third kappa shape index (κ3) is 4.52. The van der Waals surface area contributed by atoms with Gasteiger partial charge in [0, 0.05) is 11.3 Å². The van der Waals surface area contributed by atoms with Gasteiger partial charge in [-0.1, -0.05) is 75.7 Å². The molecule has 0 saturated heterocycles. The van der Waals surface area contributed by atoms with E-state index in [1.807, 2.05) is 52.8 Å². The highest BCUT2D eigenvalue weighted by Gasteiger charge is 2.12. The second-order valence-corrected chi connectivity index (χ2v) is 4.61. The maximum atomic E-state index is 4.30. The second kappa shape index (κ2) is 9.57. The molecule has 0 N–H and O–H groups in total. The number of rotatable bonds is 2. The molecule has 0 radical (unpaired) electrons. The Bertz CT molecular complexity index is 683. The van der Waals surface area contributed by atoms with E-state index in [1.54, 1.807) is 0 Å². The van der Waals surface area contributed by atoms with Crippen molar-refractivity contribution in [2.45, 2.75) is 41.5 Å². The first-order valence-corrected chi connectivity index (χ1v) is 8.30. The Hall–Kier alpha value is -2.42. The molecule has 2 aromatic carbocycles. The Morgan fingerprint density at radius 3 is 1.83 bits per heavy atom. The lowest BCUT2D eigenvalue weighted by atomic mass is 10.1. The molecular weight excluding hydrogens is 282 g/mol. The van der Waals surface area contributed by atoms with Gasteiger partial charge in [0.2, 0.25) is 0 Å². The summed E-state index contributed by atoms with van der Waals surface area (Å²) >= 11 is 0. The number of nitrogens with zero attached hydrogens (tertiary/aromatic N) is 3. The van der Waals surface area contributed by atoms with Crippen LogP contribution in [0.4, 0.5) is 0 Å². The van der Waals surface area contributed by atoms with Crippen LogP contribution in [0.2, 0.25) is 0 Å². The Kier molecular flexibility index (Phi) is 7.75. The lowest BCUT2D eigenvalue weighted by Gasteiger charge is -2.08. The molecule has 23 heavy (non-hydrogen) atoms. The first-order chi connectivity index (χ1) is 11.3. The predicted molar refractivity (Wildman–Crippen MR) is 99.0 cm³/mol. The average molecular weight is 309 g/mol. The molecule has 0 saturated carbocycles. The Balaban J connectivity index is 0.000000615. The molecule has 0 atom stereocenters. The Morgan fingerprint density at radius 2 is 1.26 bits per heavy atom. The molecule has 3 heteroatoms. The van der Waals surface area contributed by atoms with Crippen molar-refractivity contribution in [3.05, 3.63) is 66.0 Å². The van der Waals surface area contributed by atoms with Crippen LogP contribution in [0, 0.1) is 13.8 Å². The zero-order valence-corrected chi connectivity index (χ0v) is 15.0. The van der Waals surface area contributed by atoms with Crippen LogP contribution in [0.1, 0.15) is 39.1 Å². The fraction of sp³-hybridized carbons (Fsp3) is 0.300. The van der Waals surface area contributed by atoms with Gasteiger partial charge in [0.1, 0.15) is 5.82 Å². The standard InChI is InChI=1S/C16H15N3.2C2H6/c1-12-8-10-14(11-9-12)16-18-17-13(2)19(16)15-6-4-3-5-7-15;2*1-2/h3-11H,1-2H3;2*1-2H3. The number of para-hydroxylation sites is 1. The van der Waals surface area contributed by atoms with Gasteiger partial charge in [0.05, 0.1) is 0 Å². The molecule has 0 aliphatic carbocycles. The van der Waals surface area contributed by atoms with E-state index in [1.165, 1.54) is 5.56 Å². The minimum absolute atomic E-state index is 0.878. The van der Waals surface area contributed by atoms with E-state index < -0.39 is 0 Å². The van der Waals surface area contributed by atoms with E-state index in [2.05, 4.69) is 58.1 Å². The summed E-state index contributed by atoms with van der Waals surface area (Å²) in [5, 5.41) is 8.51. The molecule has 0 bridgehead atoms. The normalized spacial score (nSPS) is 9.30. The third-order valence-electron chi connectivity index (χ3n) is 3.15. The summed E-state index contributed by atoms with van der Waals surface area (Å²) in [6.45, 7) is 12.1. The van der Waals surface area contributed by atoms with Gasteiger partial charge < -0.3 is 0 Å². The van der Waals surface area contributed by atoms with Crippen LogP contribution in [0.25, 0.3) is 17.1 Å². The Labute approximate surface area is 140 Å². The number of hydrogen-bond acceptors (Lipinski definition) is 2. The van der Waals surface area contributed by atoms with E-state index in [0.29, 0.717) is 0 Å². The molecule has 0 unspecified atom stereocenters. The number of aryl methyl sites for hydroxylation is 2. The van der Waals surface area contributed by atoms with Crippen molar-refractivity contribution < 1.29 is 0 Å². The van der Waals surface area contributed by atoms with Crippen molar-refractivity contribution in [1.29, 1.82) is 0 Å². The van der Waals surface area contributed by atoms with Crippen LogP contribution in [0.15, 0.2) is 54.6 Å². The van der Waals surface area contributed by atoms with Crippen molar-refractivity contribution in [3.8, 4) is 17.1 Å². The molecule has 122 valence electrons. The SMILES string of the molecule is CC.CC.Cc1ccc(-c2nnc(C)n2-c2ccccc2)cc1. The molecule has 1 aromatic heterocycles. The molecule has 0 amide bonds. The van der Waals surface area contributed by atoms with Crippen molar-refractivity contribution in [3.63, 3.8) is 0 Å². The smallest absolute Gasteiger partial charge is 0.168 e. The average Bonchev–Trinajstić information content (AvgIpc) is 3.01. The van der Waals surface area contributed by atoms with Crippen molar-refractivity contribution in [2.75, 3.05) is 0 Å². The molecule has 3 aromatic rings. The van der Waals surface area contributed by atoms with E-state index >= 15 is 0 Å². The first kappa shape index (κ1) is 18.6. The van der Waals surface area contributed by atoms with E-state index in [-0.39, 0.29) is 0 Å². The van der Waals surface area contributed by atoms with Crippen molar-refractivity contribution in [1.82, 2.24) is 14.8 Å². The van der Waals surface area contributed by atoms with Crippen molar-refractivity contribution in [2.24, 2.45) is 0 Å². The molecule has 1 heterocycles. The number of benzene rings is 2. The van der Waals surface area contributed by atoms with Crippen LogP contribution < -0.4 is 0 Å². The summed E-state index contributed by atoms with van der Waals surface area (Å²) in [6.07, 6.45) is 0. The maximum Gasteiger partial charge on any atom is 0.168 e. The molecule has 0 fully saturated rings. The van der Waals surface area contributed by atoms with Gasteiger partial charge in [-0.2, -0.15) is 0 Å². The minimum Gasteiger partial charge on any atom is -0.279 e. The summed E-state index contributed by atoms with van der Waals surface area (Å²) in [5.41, 5.74) is 3.40. The van der Waals surface area contributed by atoms with Gasteiger partial charge in [-0.3, -0.25) is 4.57 Å². The van der Waals surface area contributed by atoms with Crippen LogP contribution >= 0.6 is 0 Å². The van der Waals surface area contributed by atoms with Crippen LogP contribution in [-0.4, -0.2) is 14.8 Å². The van der Waals surface area contributed by atoms with Crippen molar-refractivity contribution >= 4 is 0 Å². The van der Waals surface area contributed by atoms with Gasteiger partial charge in [-0.25, -0.2) is 0 Å². The van der Waals surface area contributed by atoms with Crippen LogP contribution in [-0.2, 0) is 0 Å². The van der Waals surface area contributed by atoms with Crippen LogP contribution in [0.5, 0.6) is 0 Å². The highest BCUT2D eigenvalue weighted by atomic mass is 15.3. The predicted octanol–water partition coefficient (Wildman–Crippen LogP) is 5.60. The van der Waals surface area contributed by atoms with E-state index in [9.17, 15) is 0 Å². The largest absolute Gasteiger partial charge is 0.279 e. The summed E-state index contributed by atoms with van der Waals surface area (Å²) in [6, 6.07) is 18.5. The van der Waals surface area contributed by atoms with Crippen LogP contribution in [0.3, 0.4) is 0 Å². The maximum absolute atomic E-state index is 4.30. The third-order valence-corrected chi connectivity index (χ3v) is 3.15. The first-order valence-electron chi connectivity index (χ1n) is 8.30. The molecule has 3 nitrogen and oxygen atoms in total. The zero-order valence-electron chi connectivity index (χ0n) is 15.0. The van der Waals surface area contributed by atoms with Gasteiger partial charge in [-0.05, 0) is 26.0 Å². The fourth-order valence-electron chi connectivity index (χ4n) is 2.14. The highest BCUT2D eigenvalue weighted by Crippen LogP contribution is 2.22. The summed E-state index contributed by atoms with van der Waals surface area (Å²) < 4.78 is 2.07. The molecule has 3 rings (SSSR count). The number of hydrogen-bond donors (Lipinski definition) is 0. The zero-order chi connectivity index (χ0) is 17.2. The van der Waals surface area contributed by atoms with Gasteiger partial charge >= 0.3 is 0 Å². The molecule has 0 aliphatic rings. The number of aromatic nitrogens is 3. The lowest BCUT2D eigenvalue weighted by Crippen LogP contribution is -1.99. The quantitative estimate of drug-likeness (QED) is 0.616. The second-order valence-electron chi connectivity index (χ2n) is 4.61.